The molecule has 0 amide bonds. The molecule has 2 heterocycles. The SMILES string of the molecule is CCn1nnc2c1=c1ccccc1=c1c(nnn1CC)=c1ccccc1=2. The quantitative estimate of drug-likeness (QED) is 0.494. The lowest BCUT2D eigenvalue weighted by Gasteiger charge is -1.99. The summed E-state index contributed by atoms with van der Waals surface area (Å²) in [5, 5.41) is 26.1. The van der Waals surface area contributed by atoms with E-state index in [0.717, 1.165) is 55.4 Å². The maximum absolute atomic E-state index is 4.53. The van der Waals surface area contributed by atoms with Gasteiger partial charge in [-0.25, -0.2) is 9.36 Å². The third kappa shape index (κ3) is 1.92. The van der Waals surface area contributed by atoms with Gasteiger partial charge in [0.05, 0.1) is 10.7 Å². The van der Waals surface area contributed by atoms with E-state index in [-0.39, 0.29) is 0 Å². The molecule has 0 unspecified atom stereocenters. The highest BCUT2D eigenvalue weighted by molar-refractivity contribution is 5.22. The molecule has 1 aliphatic rings. The van der Waals surface area contributed by atoms with Crippen LogP contribution in [0.3, 0.4) is 0 Å². The van der Waals surface area contributed by atoms with Crippen LogP contribution in [-0.2, 0) is 13.1 Å². The first-order valence-corrected chi connectivity index (χ1v) is 8.90. The minimum absolute atomic E-state index is 0.761. The average molecular weight is 342 g/mol. The average Bonchev–Trinajstić information content (AvgIpc) is 3.30. The Bertz CT molecular complexity index is 1400. The number of hydrogen-bond donors (Lipinski definition) is 0. The molecule has 2 aromatic carbocycles. The van der Waals surface area contributed by atoms with Gasteiger partial charge in [0.25, 0.3) is 0 Å². The van der Waals surface area contributed by atoms with Gasteiger partial charge in [0.2, 0.25) is 0 Å². The Kier molecular flexibility index (Phi) is 3.25. The van der Waals surface area contributed by atoms with Crippen LogP contribution >= 0.6 is 0 Å². The van der Waals surface area contributed by atoms with E-state index in [1.807, 2.05) is 21.5 Å². The van der Waals surface area contributed by atoms with Crippen molar-refractivity contribution in [2.24, 2.45) is 0 Å². The molecule has 0 N–H and O–H groups in total. The Labute approximate surface area is 148 Å². The number of benzene rings is 2. The van der Waals surface area contributed by atoms with Crippen LogP contribution in [0.25, 0.3) is 0 Å². The predicted octanol–water partition coefficient (Wildman–Crippen LogP) is 2.37. The number of aryl methyl sites for hydroxylation is 2. The maximum atomic E-state index is 4.53. The summed E-state index contributed by atoms with van der Waals surface area (Å²) in [5.41, 5.74) is 0. The highest BCUT2D eigenvalue weighted by atomic mass is 15.4. The Hall–Kier alpha value is -3.28. The first-order chi connectivity index (χ1) is 12.8. The van der Waals surface area contributed by atoms with Crippen LogP contribution in [0.4, 0.5) is 0 Å². The molecule has 5 rings (SSSR count). The standard InChI is InChI=1S/C20H18N6/c1-3-25-19-15-11-7-8-12-16(15)20-18(22-24-26(20)4-2)14-10-6-5-9-13(14)17(19)21-23-25/h5-12H,3-4H2,1-2H3. The van der Waals surface area contributed by atoms with Gasteiger partial charge in [-0.2, -0.15) is 0 Å². The summed E-state index contributed by atoms with van der Waals surface area (Å²) in [6.07, 6.45) is 0. The molecule has 4 aromatic rings. The molecule has 6 heteroatoms. The van der Waals surface area contributed by atoms with E-state index in [9.17, 15) is 0 Å². The molecule has 0 fully saturated rings. The van der Waals surface area contributed by atoms with Crippen LogP contribution in [0.1, 0.15) is 13.8 Å². The Morgan fingerprint density at radius 1 is 0.615 bits per heavy atom. The lowest BCUT2D eigenvalue weighted by molar-refractivity contribution is 0.609. The number of hydrogen-bond acceptors (Lipinski definition) is 4. The van der Waals surface area contributed by atoms with E-state index in [2.05, 4.69) is 70.9 Å². The van der Waals surface area contributed by atoms with Crippen molar-refractivity contribution >= 4 is 0 Å². The zero-order chi connectivity index (χ0) is 17.7. The van der Waals surface area contributed by atoms with E-state index in [4.69, 9.17) is 0 Å². The number of aromatic nitrogens is 6. The zero-order valence-corrected chi connectivity index (χ0v) is 14.7. The summed E-state index contributed by atoms with van der Waals surface area (Å²) in [6, 6.07) is 16.6. The van der Waals surface area contributed by atoms with Crippen LogP contribution in [0, 0.1) is 42.3 Å². The topological polar surface area (TPSA) is 61.4 Å². The van der Waals surface area contributed by atoms with Gasteiger partial charge >= 0.3 is 0 Å². The van der Waals surface area contributed by atoms with Gasteiger partial charge in [-0.3, -0.25) is 0 Å². The van der Waals surface area contributed by atoms with E-state index in [1.54, 1.807) is 0 Å². The van der Waals surface area contributed by atoms with Crippen molar-refractivity contribution in [3.8, 4) is 0 Å². The molecule has 0 bridgehead atoms. The van der Waals surface area contributed by atoms with E-state index < -0.39 is 0 Å². The Morgan fingerprint density at radius 2 is 1.00 bits per heavy atom. The Balaban J connectivity index is 2.42. The fourth-order valence-electron chi connectivity index (χ4n) is 3.76. The second-order valence-corrected chi connectivity index (χ2v) is 6.30. The molecule has 0 atom stereocenters. The highest BCUT2D eigenvalue weighted by Crippen LogP contribution is 2.10. The number of rotatable bonds is 2. The second-order valence-electron chi connectivity index (χ2n) is 6.30. The van der Waals surface area contributed by atoms with Gasteiger partial charge in [0, 0.05) is 34.0 Å². The summed E-state index contributed by atoms with van der Waals surface area (Å²) in [4.78, 5) is 0. The lowest BCUT2D eigenvalue weighted by Crippen LogP contribution is -2.01. The molecular formula is C20H18N6. The van der Waals surface area contributed by atoms with Crippen molar-refractivity contribution in [3.63, 3.8) is 0 Å². The largest absolute Gasteiger partial charge is 0.244 e. The molecule has 2 aromatic heterocycles. The first kappa shape index (κ1) is 15.0. The summed E-state index contributed by atoms with van der Waals surface area (Å²) < 4.78 is 3.94. The molecule has 0 saturated heterocycles. The molecule has 0 spiro atoms. The third-order valence-corrected chi connectivity index (χ3v) is 4.94. The van der Waals surface area contributed by atoms with Crippen molar-refractivity contribution in [3.05, 3.63) is 90.8 Å². The van der Waals surface area contributed by atoms with Gasteiger partial charge in [-0.15, -0.1) is 10.2 Å². The first-order valence-electron chi connectivity index (χ1n) is 8.90. The third-order valence-electron chi connectivity index (χ3n) is 4.94. The van der Waals surface area contributed by atoms with Crippen molar-refractivity contribution in [1.29, 1.82) is 0 Å². The van der Waals surface area contributed by atoms with E-state index >= 15 is 0 Å². The number of fused-ring (bicyclic) bond motifs is 4. The monoisotopic (exact) mass is 342 g/mol. The van der Waals surface area contributed by atoms with Crippen molar-refractivity contribution in [2.45, 2.75) is 26.9 Å². The molecule has 128 valence electrons. The molecular weight excluding hydrogens is 324 g/mol. The van der Waals surface area contributed by atoms with E-state index in [0.29, 0.717) is 0 Å². The summed E-state index contributed by atoms with van der Waals surface area (Å²) >= 11 is 0. The molecule has 1 aliphatic carbocycles. The van der Waals surface area contributed by atoms with Crippen LogP contribution in [0.2, 0.25) is 0 Å². The summed E-state index contributed by atoms with van der Waals surface area (Å²) in [6.45, 7) is 5.70. The van der Waals surface area contributed by atoms with Crippen LogP contribution in [0.5, 0.6) is 0 Å². The minimum atomic E-state index is 0.761. The van der Waals surface area contributed by atoms with Crippen LogP contribution < -0.4 is 0 Å². The Morgan fingerprint density at radius 3 is 1.38 bits per heavy atom. The van der Waals surface area contributed by atoms with Crippen molar-refractivity contribution < 1.29 is 0 Å². The second kappa shape index (κ2) is 5.62. The molecule has 26 heavy (non-hydrogen) atoms. The normalized spacial score (nSPS) is 11.8. The van der Waals surface area contributed by atoms with Crippen molar-refractivity contribution in [2.75, 3.05) is 0 Å². The molecule has 0 radical (unpaired) electrons. The summed E-state index contributed by atoms with van der Waals surface area (Å²) in [7, 11) is 0. The minimum Gasteiger partial charge on any atom is -0.244 e. The van der Waals surface area contributed by atoms with Gasteiger partial charge in [-0.1, -0.05) is 59.0 Å². The van der Waals surface area contributed by atoms with Crippen LogP contribution in [0.15, 0.2) is 48.5 Å². The number of nitrogens with zero attached hydrogens (tertiary/aromatic N) is 6. The maximum Gasteiger partial charge on any atom is 0.121 e. The zero-order valence-electron chi connectivity index (χ0n) is 14.7. The molecule has 6 nitrogen and oxygen atoms in total. The summed E-state index contributed by atoms with van der Waals surface area (Å²) in [5.74, 6) is 0. The predicted molar refractivity (Wildman–Crippen MR) is 95.0 cm³/mol. The fraction of sp³-hybridized carbons (Fsp3) is 0.200. The fourth-order valence-corrected chi connectivity index (χ4v) is 3.76. The highest BCUT2D eigenvalue weighted by Gasteiger charge is 2.08. The molecule has 0 saturated carbocycles. The van der Waals surface area contributed by atoms with Gasteiger partial charge in [0.1, 0.15) is 10.7 Å². The van der Waals surface area contributed by atoms with E-state index in [1.165, 1.54) is 0 Å². The molecule has 0 aliphatic heterocycles. The van der Waals surface area contributed by atoms with Gasteiger partial charge in [0.15, 0.2) is 0 Å². The lowest BCUT2D eigenvalue weighted by atomic mass is 10.1. The smallest absolute Gasteiger partial charge is 0.121 e. The van der Waals surface area contributed by atoms with Crippen molar-refractivity contribution in [1.82, 2.24) is 30.0 Å². The van der Waals surface area contributed by atoms with Gasteiger partial charge in [-0.05, 0) is 13.8 Å². The van der Waals surface area contributed by atoms with Crippen LogP contribution in [-0.4, -0.2) is 30.0 Å². The van der Waals surface area contributed by atoms with Gasteiger partial charge < -0.3 is 0 Å².